The van der Waals surface area contributed by atoms with E-state index < -0.39 is 0 Å². The largest absolute Gasteiger partial charge is 0.494 e. The molecule has 1 fully saturated rings. The summed E-state index contributed by atoms with van der Waals surface area (Å²) >= 11 is 0. The first-order chi connectivity index (χ1) is 9.70. The Kier molecular flexibility index (Phi) is 5.41. The van der Waals surface area contributed by atoms with E-state index in [0.717, 1.165) is 25.3 Å². The fraction of sp³-hybridized carbons (Fsp3) is 0.562. The summed E-state index contributed by atoms with van der Waals surface area (Å²) in [5.41, 5.74) is 0.715. The summed E-state index contributed by atoms with van der Waals surface area (Å²) in [6, 6.07) is 7.80. The summed E-state index contributed by atoms with van der Waals surface area (Å²) in [7, 11) is 1.87. The highest BCUT2D eigenvalue weighted by Gasteiger charge is 2.18. The summed E-state index contributed by atoms with van der Waals surface area (Å²) in [6.07, 6.45) is 3.65. The third-order valence-electron chi connectivity index (χ3n) is 3.67. The molecular weight excluding hydrogens is 252 g/mol. The Hall–Kier alpha value is -1.55. The molecule has 1 amide bonds. The lowest BCUT2D eigenvalue weighted by molar-refractivity contribution is 0.0775. The Bertz CT molecular complexity index is 425. The minimum atomic E-state index is 0.0698. The SMILES string of the molecule is CCOc1ccc(C(=O)N(C)CC2CCCCN2)cc1. The fourth-order valence-corrected chi connectivity index (χ4v) is 2.57. The molecule has 1 aliphatic heterocycles. The van der Waals surface area contributed by atoms with Crippen LogP contribution in [0.3, 0.4) is 0 Å². The molecule has 1 aliphatic rings. The normalized spacial score (nSPS) is 18.6. The van der Waals surface area contributed by atoms with Crippen LogP contribution in [0.25, 0.3) is 0 Å². The summed E-state index contributed by atoms with van der Waals surface area (Å²) in [4.78, 5) is 14.1. The molecule has 0 radical (unpaired) electrons. The van der Waals surface area contributed by atoms with Crippen LogP contribution >= 0.6 is 0 Å². The topological polar surface area (TPSA) is 41.6 Å². The molecule has 20 heavy (non-hydrogen) atoms. The number of hydrogen-bond acceptors (Lipinski definition) is 3. The molecule has 0 saturated carbocycles. The number of ether oxygens (including phenoxy) is 1. The molecule has 1 aromatic rings. The molecule has 0 aromatic heterocycles. The maximum absolute atomic E-state index is 12.3. The number of carbonyl (C=O) groups excluding carboxylic acids is 1. The summed E-state index contributed by atoms with van der Waals surface area (Å²) in [5.74, 6) is 0.876. The van der Waals surface area contributed by atoms with Gasteiger partial charge in [-0.05, 0) is 50.6 Å². The zero-order chi connectivity index (χ0) is 14.4. The van der Waals surface area contributed by atoms with E-state index >= 15 is 0 Å². The van der Waals surface area contributed by atoms with Gasteiger partial charge >= 0.3 is 0 Å². The van der Waals surface area contributed by atoms with Crippen LogP contribution in [0.2, 0.25) is 0 Å². The van der Waals surface area contributed by atoms with Gasteiger partial charge in [0.1, 0.15) is 5.75 Å². The number of likely N-dealkylation sites (N-methyl/N-ethyl adjacent to an activating group) is 1. The molecule has 1 unspecified atom stereocenters. The maximum atomic E-state index is 12.3. The smallest absolute Gasteiger partial charge is 0.253 e. The third-order valence-corrected chi connectivity index (χ3v) is 3.67. The highest BCUT2D eigenvalue weighted by Crippen LogP contribution is 2.14. The van der Waals surface area contributed by atoms with E-state index in [0.29, 0.717) is 18.2 Å². The summed E-state index contributed by atoms with van der Waals surface area (Å²) in [5, 5.41) is 3.47. The van der Waals surface area contributed by atoms with Gasteiger partial charge in [0.2, 0.25) is 0 Å². The molecule has 110 valence electrons. The van der Waals surface area contributed by atoms with Crippen LogP contribution in [0.5, 0.6) is 5.75 Å². The lowest BCUT2D eigenvalue weighted by Crippen LogP contribution is -2.44. The number of carbonyl (C=O) groups is 1. The van der Waals surface area contributed by atoms with Crippen LogP contribution in [0.1, 0.15) is 36.5 Å². The lowest BCUT2D eigenvalue weighted by Gasteiger charge is -2.28. The molecule has 0 bridgehead atoms. The minimum Gasteiger partial charge on any atom is -0.494 e. The van der Waals surface area contributed by atoms with Crippen molar-refractivity contribution in [1.29, 1.82) is 0 Å². The average molecular weight is 276 g/mol. The Morgan fingerprint density at radius 1 is 1.35 bits per heavy atom. The van der Waals surface area contributed by atoms with Crippen molar-refractivity contribution < 1.29 is 9.53 Å². The number of amides is 1. The Morgan fingerprint density at radius 2 is 2.10 bits per heavy atom. The molecule has 0 spiro atoms. The molecule has 1 N–H and O–H groups in total. The van der Waals surface area contributed by atoms with E-state index in [9.17, 15) is 4.79 Å². The van der Waals surface area contributed by atoms with Gasteiger partial charge in [-0.25, -0.2) is 0 Å². The molecule has 1 saturated heterocycles. The van der Waals surface area contributed by atoms with E-state index in [1.165, 1.54) is 12.8 Å². The van der Waals surface area contributed by atoms with Gasteiger partial charge in [-0.3, -0.25) is 4.79 Å². The van der Waals surface area contributed by atoms with Gasteiger partial charge in [0.05, 0.1) is 6.61 Å². The van der Waals surface area contributed by atoms with Gasteiger partial charge in [-0.2, -0.15) is 0 Å². The number of benzene rings is 1. The van der Waals surface area contributed by atoms with Crippen molar-refractivity contribution in [3.05, 3.63) is 29.8 Å². The third kappa shape index (κ3) is 3.97. The van der Waals surface area contributed by atoms with Crippen molar-refractivity contribution in [1.82, 2.24) is 10.2 Å². The summed E-state index contributed by atoms with van der Waals surface area (Å²) in [6.45, 7) is 4.42. The number of nitrogens with zero attached hydrogens (tertiary/aromatic N) is 1. The predicted octanol–water partition coefficient (Wildman–Crippen LogP) is 2.30. The quantitative estimate of drug-likeness (QED) is 0.897. The number of nitrogens with one attached hydrogen (secondary N) is 1. The average Bonchev–Trinajstić information content (AvgIpc) is 2.48. The predicted molar refractivity (Wildman–Crippen MR) is 80.2 cm³/mol. The second kappa shape index (κ2) is 7.29. The van der Waals surface area contributed by atoms with Gasteiger partial charge < -0.3 is 15.0 Å². The van der Waals surface area contributed by atoms with Crippen molar-refractivity contribution >= 4 is 5.91 Å². The zero-order valence-corrected chi connectivity index (χ0v) is 12.4. The second-order valence-corrected chi connectivity index (χ2v) is 5.29. The molecule has 4 nitrogen and oxygen atoms in total. The van der Waals surface area contributed by atoms with Crippen LogP contribution in [0, 0.1) is 0 Å². The van der Waals surface area contributed by atoms with E-state index in [1.807, 2.05) is 38.2 Å². The van der Waals surface area contributed by atoms with Crippen LogP contribution in [0.15, 0.2) is 24.3 Å². The van der Waals surface area contributed by atoms with E-state index in [-0.39, 0.29) is 5.91 Å². The lowest BCUT2D eigenvalue weighted by atomic mass is 10.0. The second-order valence-electron chi connectivity index (χ2n) is 5.29. The van der Waals surface area contributed by atoms with Crippen LogP contribution in [-0.2, 0) is 0 Å². The number of hydrogen-bond donors (Lipinski definition) is 1. The highest BCUT2D eigenvalue weighted by molar-refractivity contribution is 5.94. The van der Waals surface area contributed by atoms with Crippen molar-refractivity contribution in [2.24, 2.45) is 0 Å². The Morgan fingerprint density at radius 3 is 2.70 bits per heavy atom. The molecule has 0 aliphatic carbocycles. The van der Waals surface area contributed by atoms with Crippen molar-refractivity contribution in [2.75, 3.05) is 26.7 Å². The standard InChI is InChI=1S/C16H24N2O2/c1-3-20-15-9-7-13(8-10-15)16(19)18(2)12-14-6-4-5-11-17-14/h7-10,14,17H,3-6,11-12H2,1-2H3. The maximum Gasteiger partial charge on any atom is 0.253 e. The van der Waals surface area contributed by atoms with Gasteiger partial charge in [0.25, 0.3) is 5.91 Å². The van der Waals surface area contributed by atoms with Crippen LogP contribution < -0.4 is 10.1 Å². The summed E-state index contributed by atoms with van der Waals surface area (Å²) < 4.78 is 5.39. The molecular formula is C16H24N2O2. The van der Waals surface area contributed by atoms with Crippen LogP contribution in [0.4, 0.5) is 0 Å². The zero-order valence-electron chi connectivity index (χ0n) is 12.4. The first-order valence-corrected chi connectivity index (χ1v) is 7.42. The molecule has 4 heteroatoms. The van der Waals surface area contributed by atoms with Crippen molar-refractivity contribution in [3.63, 3.8) is 0 Å². The van der Waals surface area contributed by atoms with Gasteiger partial charge in [0, 0.05) is 25.2 Å². The number of piperidine rings is 1. The van der Waals surface area contributed by atoms with E-state index in [2.05, 4.69) is 5.32 Å². The molecule has 1 heterocycles. The fourth-order valence-electron chi connectivity index (χ4n) is 2.57. The molecule has 2 rings (SSSR count). The molecule has 1 atom stereocenters. The van der Waals surface area contributed by atoms with E-state index in [1.54, 1.807) is 4.90 Å². The molecule has 1 aromatic carbocycles. The van der Waals surface area contributed by atoms with Crippen LogP contribution in [-0.4, -0.2) is 43.6 Å². The van der Waals surface area contributed by atoms with Gasteiger partial charge in [-0.15, -0.1) is 0 Å². The monoisotopic (exact) mass is 276 g/mol. The first-order valence-electron chi connectivity index (χ1n) is 7.42. The van der Waals surface area contributed by atoms with Crippen molar-refractivity contribution in [2.45, 2.75) is 32.2 Å². The number of rotatable bonds is 5. The minimum absolute atomic E-state index is 0.0698. The van der Waals surface area contributed by atoms with E-state index in [4.69, 9.17) is 4.74 Å². The Labute approximate surface area is 121 Å². The Balaban J connectivity index is 1.91. The highest BCUT2D eigenvalue weighted by atomic mass is 16.5. The van der Waals surface area contributed by atoms with Gasteiger partial charge in [-0.1, -0.05) is 6.42 Å². The van der Waals surface area contributed by atoms with Crippen molar-refractivity contribution in [3.8, 4) is 5.75 Å². The first kappa shape index (κ1) is 14.9. The van der Waals surface area contributed by atoms with Gasteiger partial charge in [0.15, 0.2) is 0 Å².